The molecule has 0 amide bonds. The van der Waals surface area contributed by atoms with Gasteiger partial charge in [0.1, 0.15) is 6.61 Å². The molecule has 0 aliphatic rings. The van der Waals surface area contributed by atoms with Crippen molar-refractivity contribution >= 4 is 11.6 Å². The Labute approximate surface area is 133 Å². The van der Waals surface area contributed by atoms with Gasteiger partial charge in [0, 0.05) is 24.3 Å². The van der Waals surface area contributed by atoms with Gasteiger partial charge in [0.05, 0.1) is 5.02 Å². The van der Waals surface area contributed by atoms with E-state index < -0.39 is 0 Å². The fourth-order valence-electron chi connectivity index (χ4n) is 1.55. The zero-order valence-electron chi connectivity index (χ0n) is 14.0. The predicted octanol–water partition coefficient (Wildman–Crippen LogP) is 3.20. The van der Waals surface area contributed by atoms with E-state index in [4.69, 9.17) is 16.3 Å². The van der Waals surface area contributed by atoms with Crippen LogP contribution in [-0.4, -0.2) is 42.7 Å². The fraction of sp³-hybridized carbons (Fsp3) is 0.688. The van der Waals surface area contributed by atoms with Crippen LogP contribution in [0.4, 0.5) is 0 Å². The number of nitrogens with one attached hydrogen (secondary N) is 1. The number of halogens is 1. The Bertz CT molecular complexity index is 447. The third-order valence-corrected chi connectivity index (χ3v) is 3.90. The average molecular weight is 314 g/mol. The third-order valence-electron chi connectivity index (χ3n) is 3.56. The van der Waals surface area contributed by atoms with E-state index in [-0.39, 0.29) is 5.54 Å². The number of hydrogen-bond acceptors (Lipinski definition) is 4. The summed E-state index contributed by atoms with van der Waals surface area (Å²) in [6.07, 6.45) is 1.66. The summed E-state index contributed by atoms with van der Waals surface area (Å²) >= 11 is 6.19. The first-order valence-electron chi connectivity index (χ1n) is 7.37. The number of hydrogen-bond donors (Lipinski definition) is 1. The quantitative estimate of drug-likeness (QED) is 0.800. The molecule has 1 aromatic rings. The molecule has 0 spiro atoms. The van der Waals surface area contributed by atoms with Gasteiger partial charge in [0.15, 0.2) is 0 Å². The topological polar surface area (TPSA) is 37.4 Å². The lowest BCUT2D eigenvalue weighted by Crippen LogP contribution is -2.43. The van der Waals surface area contributed by atoms with Crippen LogP contribution in [0.5, 0.6) is 5.88 Å². The van der Waals surface area contributed by atoms with E-state index in [1.807, 2.05) is 20.2 Å². The van der Waals surface area contributed by atoms with Crippen molar-refractivity contribution in [2.24, 2.45) is 5.92 Å². The molecule has 120 valence electrons. The molecule has 5 heteroatoms. The van der Waals surface area contributed by atoms with Crippen molar-refractivity contribution in [1.82, 2.24) is 15.2 Å². The SMILES string of the molecule is CC(C)CNCc1cc(OCC(C)(C)N(C)C)ncc1Cl. The van der Waals surface area contributed by atoms with Gasteiger partial charge >= 0.3 is 0 Å². The van der Waals surface area contributed by atoms with Crippen molar-refractivity contribution < 1.29 is 4.74 Å². The summed E-state index contributed by atoms with van der Waals surface area (Å²) in [6.45, 7) is 10.9. The second-order valence-electron chi connectivity index (χ2n) is 6.63. The molecule has 0 fully saturated rings. The predicted molar refractivity (Wildman–Crippen MR) is 89.1 cm³/mol. The molecular weight excluding hydrogens is 286 g/mol. The summed E-state index contributed by atoms with van der Waals surface area (Å²) in [5.74, 6) is 1.23. The maximum absolute atomic E-state index is 6.19. The normalized spacial score (nSPS) is 12.2. The molecule has 4 nitrogen and oxygen atoms in total. The first kappa shape index (κ1) is 18.2. The van der Waals surface area contributed by atoms with Crippen LogP contribution in [0.2, 0.25) is 5.02 Å². The molecule has 0 bridgehead atoms. The number of nitrogens with zero attached hydrogens (tertiary/aromatic N) is 2. The second-order valence-corrected chi connectivity index (χ2v) is 7.04. The van der Waals surface area contributed by atoms with Crippen LogP contribution in [0.25, 0.3) is 0 Å². The molecule has 0 saturated carbocycles. The Morgan fingerprint density at radius 1 is 1.38 bits per heavy atom. The Kier molecular flexibility index (Phi) is 6.91. The summed E-state index contributed by atoms with van der Waals surface area (Å²) in [6, 6.07) is 1.92. The monoisotopic (exact) mass is 313 g/mol. The Hall–Kier alpha value is -0.840. The zero-order chi connectivity index (χ0) is 16.0. The highest BCUT2D eigenvalue weighted by Gasteiger charge is 2.21. The zero-order valence-corrected chi connectivity index (χ0v) is 14.8. The molecule has 0 aromatic carbocycles. The van der Waals surface area contributed by atoms with Gasteiger partial charge in [-0.15, -0.1) is 0 Å². The van der Waals surface area contributed by atoms with E-state index in [2.05, 4.69) is 42.9 Å². The maximum Gasteiger partial charge on any atom is 0.213 e. The first-order valence-corrected chi connectivity index (χ1v) is 7.75. The number of pyridine rings is 1. The van der Waals surface area contributed by atoms with Crippen LogP contribution in [0, 0.1) is 5.92 Å². The maximum atomic E-state index is 6.19. The smallest absolute Gasteiger partial charge is 0.213 e. The van der Waals surface area contributed by atoms with Gasteiger partial charge in [0.2, 0.25) is 5.88 Å². The van der Waals surface area contributed by atoms with Crippen molar-refractivity contribution in [2.75, 3.05) is 27.2 Å². The molecule has 1 heterocycles. The van der Waals surface area contributed by atoms with Gasteiger partial charge < -0.3 is 15.0 Å². The second kappa shape index (κ2) is 7.97. The third kappa shape index (κ3) is 6.20. The van der Waals surface area contributed by atoms with Crippen LogP contribution < -0.4 is 10.1 Å². The van der Waals surface area contributed by atoms with Crippen molar-refractivity contribution in [3.05, 3.63) is 22.8 Å². The Morgan fingerprint density at radius 2 is 2.05 bits per heavy atom. The highest BCUT2D eigenvalue weighted by Crippen LogP contribution is 2.20. The van der Waals surface area contributed by atoms with Crippen molar-refractivity contribution in [3.63, 3.8) is 0 Å². The van der Waals surface area contributed by atoms with Gasteiger partial charge in [-0.25, -0.2) is 4.98 Å². The highest BCUT2D eigenvalue weighted by atomic mass is 35.5. The van der Waals surface area contributed by atoms with E-state index in [1.54, 1.807) is 6.20 Å². The summed E-state index contributed by atoms with van der Waals surface area (Å²) in [7, 11) is 4.08. The van der Waals surface area contributed by atoms with E-state index >= 15 is 0 Å². The van der Waals surface area contributed by atoms with Crippen LogP contribution in [0.3, 0.4) is 0 Å². The van der Waals surface area contributed by atoms with Gasteiger partial charge in [-0.1, -0.05) is 25.4 Å². The number of likely N-dealkylation sites (N-methyl/N-ethyl adjacent to an activating group) is 1. The molecule has 0 atom stereocenters. The highest BCUT2D eigenvalue weighted by molar-refractivity contribution is 6.31. The minimum Gasteiger partial charge on any atom is -0.476 e. The molecule has 21 heavy (non-hydrogen) atoms. The van der Waals surface area contributed by atoms with Crippen LogP contribution in [0.15, 0.2) is 12.3 Å². The molecular formula is C16H28ClN3O. The summed E-state index contributed by atoms with van der Waals surface area (Å²) in [5.41, 5.74) is 0.974. The van der Waals surface area contributed by atoms with Crippen LogP contribution in [0.1, 0.15) is 33.3 Å². The molecule has 0 saturated heterocycles. The van der Waals surface area contributed by atoms with E-state index in [1.165, 1.54) is 0 Å². The lowest BCUT2D eigenvalue weighted by Gasteiger charge is -2.31. The van der Waals surface area contributed by atoms with Crippen LogP contribution >= 0.6 is 11.6 Å². The van der Waals surface area contributed by atoms with E-state index in [0.29, 0.717) is 23.4 Å². The largest absolute Gasteiger partial charge is 0.476 e. The minimum atomic E-state index is -0.0443. The molecule has 1 rings (SSSR count). The molecule has 0 radical (unpaired) electrons. The number of rotatable bonds is 8. The van der Waals surface area contributed by atoms with E-state index in [0.717, 1.165) is 18.7 Å². The Balaban J connectivity index is 2.64. The van der Waals surface area contributed by atoms with E-state index in [9.17, 15) is 0 Å². The van der Waals surface area contributed by atoms with Gasteiger partial charge in [-0.3, -0.25) is 0 Å². The fourth-order valence-corrected chi connectivity index (χ4v) is 1.72. The van der Waals surface area contributed by atoms with Gasteiger partial charge in [0.25, 0.3) is 0 Å². The van der Waals surface area contributed by atoms with Crippen LogP contribution in [-0.2, 0) is 6.54 Å². The number of aromatic nitrogens is 1. The molecule has 0 aliphatic carbocycles. The lowest BCUT2D eigenvalue weighted by atomic mass is 10.1. The summed E-state index contributed by atoms with van der Waals surface area (Å²) in [5, 5.41) is 4.06. The molecule has 1 N–H and O–H groups in total. The minimum absolute atomic E-state index is 0.0443. The van der Waals surface area contributed by atoms with Crippen molar-refractivity contribution in [2.45, 2.75) is 39.8 Å². The molecule has 1 aromatic heterocycles. The first-order chi connectivity index (χ1) is 9.72. The lowest BCUT2D eigenvalue weighted by molar-refractivity contribution is 0.111. The summed E-state index contributed by atoms with van der Waals surface area (Å²) in [4.78, 5) is 6.38. The van der Waals surface area contributed by atoms with Gasteiger partial charge in [-0.05, 0) is 46.0 Å². The number of ether oxygens (including phenoxy) is 1. The average Bonchev–Trinajstić information content (AvgIpc) is 2.38. The molecule has 0 unspecified atom stereocenters. The van der Waals surface area contributed by atoms with Gasteiger partial charge in [-0.2, -0.15) is 0 Å². The van der Waals surface area contributed by atoms with Crippen molar-refractivity contribution in [3.8, 4) is 5.88 Å². The Morgan fingerprint density at radius 3 is 2.62 bits per heavy atom. The van der Waals surface area contributed by atoms with Crippen molar-refractivity contribution in [1.29, 1.82) is 0 Å². The standard InChI is InChI=1S/C16H28ClN3O/c1-12(2)8-18-9-13-7-15(19-10-14(13)17)21-11-16(3,4)20(5)6/h7,10,12,18H,8-9,11H2,1-6H3. The summed E-state index contributed by atoms with van der Waals surface area (Å²) < 4.78 is 5.82. The molecule has 0 aliphatic heterocycles.